The molecule has 1 atom stereocenters. The lowest BCUT2D eigenvalue weighted by atomic mass is 10.0. The van der Waals surface area contributed by atoms with Gasteiger partial charge in [-0.3, -0.25) is 10.1 Å². The lowest BCUT2D eigenvalue weighted by Gasteiger charge is -2.07. The van der Waals surface area contributed by atoms with Crippen molar-refractivity contribution in [1.82, 2.24) is 4.57 Å². The number of thiophene rings is 1. The number of hydrogen-bond acceptors (Lipinski definition) is 3. The van der Waals surface area contributed by atoms with E-state index in [9.17, 15) is 10.1 Å². The molecule has 0 aliphatic carbocycles. The van der Waals surface area contributed by atoms with Crippen molar-refractivity contribution in [1.29, 1.82) is 0 Å². The normalized spacial score (nSPS) is 12.7. The largest absolute Gasteiger partial charge is 0.350 e. The van der Waals surface area contributed by atoms with Gasteiger partial charge in [0.25, 0.3) is 0 Å². The number of benzene rings is 1. The molecule has 5 heteroatoms. The molecule has 3 aromatic rings. The van der Waals surface area contributed by atoms with Crippen LogP contribution in [0, 0.1) is 10.1 Å². The molecule has 4 nitrogen and oxygen atoms in total. The van der Waals surface area contributed by atoms with Gasteiger partial charge in [-0.1, -0.05) is 24.3 Å². The first kappa shape index (κ1) is 12.9. The lowest BCUT2D eigenvalue weighted by molar-refractivity contribution is -0.528. The summed E-state index contributed by atoms with van der Waals surface area (Å²) in [4.78, 5) is 12.3. The molecule has 3 rings (SSSR count). The van der Waals surface area contributed by atoms with Crippen LogP contribution < -0.4 is 0 Å². The number of rotatable bonds is 4. The monoisotopic (exact) mass is 286 g/mol. The number of para-hydroxylation sites is 1. The van der Waals surface area contributed by atoms with Crippen LogP contribution in [0.3, 0.4) is 0 Å². The van der Waals surface area contributed by atoms with Crippen molar-refractivity contribution in [2.75, 3.05) is 0 Å². The molecule has 20 heavy (non-hydrogen) atoms. The predicted octanol–water partition coefficient (Wildman–Crippen LogP) is 3.80. The van der Waals surface area contributed by atoms with E-state index in [-0.39, 0.29) is 4.92 Å². The van der Waals surface area contributed by atoms with E-state index in [0.29, 0.717) is 6.42 Å². The highest BCUT2D eigenvalue weighted by Gasteiger charge is 2.27. The molecule has 0 saturated carbocycles. The van der Waals surface area contributed by atoms with E-state index in [2.05, 4.69) is 0 Å². The third-order valence-corrected chi connectivity index (χ3v) is 4.41. The zero-order valence-corrected chi connectivity index (χ0v) is 11.8. The number of fused-ring (bicyclic) bond motifs is 1. The van der Waals surface area contributed by atoms with Gasteiger partial charge in [0.15, 0.2) is 0 Å². The first-order valence-electron chi connectivity index (χ1n) is 6.36. The molecule has 102 valence electrons. The van der Waals surface area contributed by atoms with Gasteiger partial charge in [0.05, 0.1) is 12.0 Å². The highest BCUT2D eigenvalue weighted by molar-refractivity contribution is 7.09. The van der Waals surface area contributed by atoms with E-state index < -0.39 is 6.04 Å². The smallest absolute Gasteiger partial charge is 0.244 e. The van der Waals surface area contributed by atoms with Crippen LogP contribution in [0.5, 0.6) is 0 Å². The van der Waals surface area contributed by atoms with Gasteiger partial charge in [-0.05, 0) is 17.5 Å². The van der Waals surface area contributed by atoms with E-state index >= 15 is 0 Å². The highest BCUT2D eigenvalue weighted by Crippen LogP contribution is 2.31. The molecule has 1 aromatic carbocycles. The fraction of sp³-hybridized carbons (Fsp3) is 0.200. The molecule has 0 aliphatic rings. The van der Waals surface area contributed by atoms with Gasteiger partial charge in [0.2, 0.25) is 6.04 Å². The van der Waals surface area contributed by atoms with Gasteiger partial charge in [-0.2, -0.15) is 0 Å². The summed E-state index contributed by atoms with van der Waals surface area (Å²) >= 11 is 1.56. The summed E-state index contributed by atoms with van der Waals surface area (Å²) < 4.78 is 1.95. The predicted molar refractivity (Wildman–Crippen MR) is 80.7 cm³/mol. The maximum Gasteiger partial charge on any atom is 0.244 e. The number of nitro groups is 1. The Morgan fingerprint density at radius 3 is 2.80 bits per heavy atom. The van der Waals surface area contributed by atoms with E-state index in [1.54, 1.807) is 11.3 Å². The molecular formula is C15H14N2O2S. The molecule has 2 aromatic heterocycles. The lowest BCUT2D eigenvalue weighted by Crippen LogP contribution is -2.12. The van der Waals surface area contributed by atoms with Crippen molar-refractivity contribution in [2.45, 2.75) is 12.5 Å². The number of aryl methyl sites for hydroxylation is 1. The zero-order valence-electron chi connectivity index (χ0n) is 11.0. The molecular weight excluding hydrogens is 272 g/mol. The summed E-state index contributed by atoms with van der Waals surface area (Å²) in [7, 11) is 1.92. The van der Waals surface area contributed by atoms with Crippen molar-refractivity contribution in [2.24, 2.45) is 7.05 Å². The van der Waals surface area contributed by atoms with Gasteiger partial charge in [0, 0.05) is 33.9 Å². The molecule has 0 aliphatic heterocycles. The first-order chi connectivity index (χ1) is 9.66. The van der Waals surface area contributed by atoms with Gasteiger partial charge in [-0.25, -0.2) is 0 Å². The standard InChI is InChI=1S/C15H14N2O2S/c1-16-10-13(12-6-2-3-7-14(12)16)15(17(18)19)9-11-5-4-8-20-11/h2-8,10,15H,9H2,1H3. The van der Waals surface area contributed by atoms with E-state index in [1.807, 2.05) is 59.6 Å². The Balaban J connectivity index is 2.08. The minimum absolute atomic E-state index is 0.179. The van der Waals surface area contributed by atoms with Gasteiger partial charge in [-0.15, -0.1) is 11.3 Å². The Morgan fingerprint density at radius 2 is 2.10 bits per heavy atom. The molecule has 0 bridgehead atoms. The summed E-state index contributed by atoms with van der Waals surface area (Å²) in [5.74, 6) is 0. The molecule has 0 spiro atoms. The second kappa shape index (κ2) is 5.09. The summed E-state index contributed by atoms with van der Waals surface area (Å²) in [6.45, 7) is 0. The summed E-state index contributed by atoms with van der Waals surface area (Å²) in [5.41, 5.74) is 1.82. The Labute approximate surface area is 120 Å². The molecule has 2 heterocycles. The van der Waals surface area contributed by atoms with E-state index in [1.165, 1.54) is 0 Å². The summed E-state index contributed by atoms with van der Waals surface area (Å²) in [5, 5.41) is 14.4. The van der Waals surface area contributed by atoms with Crippen molar-refractivity contribution in [3.63, 3.8) is 0 Å². The van der Waals surface area contributed by atoms with Crippen LogP contribution in [0.1, 0.15) is 16.5 Å². The molecule has 0 saturated heterocycles. The third-order valence-electron chi connectivity index (χ3n) is 3.52. The Kier molecular flexibility index (Phi) is 3.28. The maximum atomic E-state index is 11.5. The fourth-order valence-electron chi connectivity index (χ4n) is 2.56. The van der Waals surface area contributed by atoms with Gasteiger partial charge >= 0.3 is 0 Å². The van der Waals surface area contributed by atoms with Crippen LogP contribution in [0.4, 0.5) is 0 Å². The van der Waals surface area contributed by atoms with Gasteiger partial charge in [0.1, 0.15) is 0 Å². The van der Waals surface area contributed by atoms with E-state index in [4.69, 9.17) is 0 Å². The second-order valence-electron chi connectivity index (χ2n) is 4.80. The van der Waals surface area contributed by atoms with Crippen molar-refractivity contribution in [3.8, 4) is 0 Å². The molecule has 0 N–H and O–H groups in total. The second-order valence-corrected chi connectivity index (χ2v) is 5.83. The minimum atomic E-state index is -0.695. The van der Waals surface area contributed by atoms with E-state index in [0.717, 1.165) is 21.3 Å². The van der Waals surface area contributed by atoms with Crippen LogP contribution in [0.2, 0.25) is 0 Å². The topological polar surface area (TPSA) is 48.1 Å². The first-order valence-corrected chi connectivity index (χ1v) is 7.24. The number of aromatic nitrogens is 1. The van der Waals surface area contributed by atoms with Crippen LogP contribution in [0.25, 0.3) is 10.9 Å². The summed E-state index contributed by atoms with van der Waals surface area (Å²) in [6, 6.07) is 11.0. The third kappa shape index (κ3) is 2.20. The van der Waals surface area contributed by atoms with Crippen molar-refractivity contribution in [3.05, 3.63) is 68.5 Å². The molecule has 0 fully saturated rings. The SMILES string of the molecule is Cn1cc(C(Cc2cccs2)[N+](=O)[O-])c2ccccc21. The van der Waals surface area contributed by atoms with Crippen LogP contribution in [-0.4, -0.2) is 9.49 Å². The number of nitrogens with zero attached hydrogens (tertiary/aromatic N) is 2. The molecule has 0 radical (unpaired) electrons. The zero-order chi connectivity index (χ0) is 14.1. The minimum Gasteiger partial charge on any atom is -0.350 e. The van der Waals surface area contributed by atoms with Crippen molar-refractivity contribution < 1.29 is 4.92 Å². The Morgan fingerprint density at radius 1 is 1.30 bits per heavy atom. The summed E-state index contributed by atoms with van der Waals surface area (Å²) in [6.07, 6.45) is 2.32. The Bertz CT molecular complexity index is 746. The highest BCUT2D eigenvalue weighted by atomic mass is 32.1. The van der Waals surface area contributed by atoms with Crippen LogP contribution >= 0.6 is 11.3 Å². The van der Waals surface area contributed by atoms with Gasteiger partial charge < -0.3 is 4.57 Å². The van der Waals surface area contributed by atoms with Crippen molar-refractivity contribution >= 4 is 22.2 Å². The Hall–Kier alpha value is -2.14. The fourth-order valence-corrected chi connectivity index (χ4v) is 3.30. The van der Waals surface area contributed by atoms with Crippen LogP contribution in [0.15, 0.2) is 48.0 Å². The maximum absolute atomic E-state index is 11.5. The average Bonchev–Trinajstić information content (AvgIpc) is 3.05. The molecule has 1 unspecified atom stereocenters. The molecule has 0 amide bonds. The average molecular weight is 286 g/mol. The van der Waals surface area contributed by atoms with Crippen LogP contribution in [-0.2, 0) is 13.5 Å². The number of hydrogen-bond donors (Lipinski definition) is 0. The quantitative estimate of drug-likeness (QED) is 0.541.